The van der Waals surface area contributed by atoms with Crippen LogP contribution in [0, 0.1) is 0 Å². The normalized spacial score (nSPS) is 10.6. The van der Waals surface area contributed by atoms with Crippen molar-refractivity contribution in [2.45, 2.75) is 6.42 Å². The maximum atomic E-state index is 10.8. The Labute approximate surface area is 135 Å². The molecule has 0 aliphatic rings. The number of aliphatic carboxylic acids is 1. The topological polar surface area (TPSA) is 37.3 Å². The van der Waals surface area contributed by atoms with Crippen LogP contribution in [0.4, 0.5) is 0 Å². The van der Waals surface area contributed by atoms with Gasteiger partial charge >= 0.3 is 5.97 Å². The van der Waals surface area contributed by atoms with E-state index in [0.29, 0.717) is 36.8 Å². The lowest BCUT2D eigenvalue weighted by Gasteiger charge is -2.10. The van der Waals surface area contributed by atoms with E-state index in [2.05, 4.69) is 0 Å². The largest absolute Gasteiger partial charge is 0.481 e. The highest BCUT2D eigenvalue weighted by atomic mass is 35.5. The van der Waals surface area contributed by atoms with Gasteiger partial charge in [-0.05, 0) is 29.8 Å². The molecule has 20 heavy (non-hydrogen) atoms. The fourth-order valence-corrected chi connectivity index (χ4v) is 2.66. The van der Waals surface area contributed by atoms with E-state index in [1.165, 1.54) is 6.07 Å². The summed E-state index contributed by atoms with van der Waals surface area (Å²) >= 11 is 24.2. The third kappa shape index (κ3) is 3.39. The van der Waals surface area contributed by atoms with E-state index in [1.807, 2.05) is 0 Å². The maximum absolute atomic E-state index is 10.8. The Bertz CT molecular complexity index is 683. The average molecular weight is 350 g/mol. The zero-order chi connectivity index (χ0) is 14.9. The summed E-state index contributed by atoms with van der Waals surface area (Å²) in [7, 11) is 0. The van der Waals surface area contributed by atoms with Gasteiger partial charge in [0.2, 0.25) is 0 Å². The van der Waals surface area contributed by atoms with Crippen molar-refractivity contribution in [3.8, 4) is 11.1 Å². The first-order valence-corrected chi connectivity index (χ1v) is 7.05. The van der Waals surface area contributed by atoms with E-state index in [0.717, 1.165) is 0 Å². The standard InChI is InChI=1S/C14H8Cl4O2/c15-10-2-1-7(4-14(19)20)3-8(10)9-5-12(17)13(18)6-11(9)16/h1-3,5-6H,4H2,(H,19,20). The minimum absolute atomic E-state index is 0.0941. The van der Waals surface area contributed by atoms with Gasteiger partial charge in [0.05, 0.1) is 21.5 Å². The van der Waals surface area contributed by atoms with Crippen LogP contribution in [0.25, 0.3) is 11.1 Å². The van der Waals surface area contributed by atoms with Crippen molar-refractivity contribution in [3.05, 3.63) is 56.0 Å². The Kier molecular flexibility index (Phi) is 4.82. The van der Waals surface area contributed by atoms with Gasteiger partial charge in [0, 0.05) is 16.1 Å². The molecular weight excluding hydrogens is 342 g/mol. The number of halogens is 4. The van der Waals surface area contributed by atoms with Crippen molar-refractivity contribution in [1.82, 2.24) is 0 Å². The van der Waals surface area contributed by atoms with Crippen LogP contribution in [0.5, 0.6) is 0 Å². The minimum Gasteiger partial charge on any atom is -0.481 e. The van der Waals surface area contributed by atoms with Crippen LogP contribution < -0.4 is 0 Å². The maximum Gasteiger partial charge on any atom is 0.307 e. The fraction of sp³-hybridized carbons (Fsp3) is 0.0714. The lowest BCUT2D eigenvalue weighted by atomic mass is 10.0. The van der Waals surface area contributed by atoms with Crippen LogP contribution in [-0.4, -0.2) is 11.1 Å². The van der Waals surface area contributed by atoms with Gasteiger partial charge in [-0.3, -0.25) is 4.79 Å². The molecule has 2 nitrogen and oxygen atoms in total. The van der Waals surface area contributed by atoms with E-state index in [4.69, 9.17) is 51.5 Å². The van der Waals surface area contributed by atoms with Crippen molar-refractivity contribution in [2.75, 3.05) is 0 Å². The molecule has 0 aliphatic carbocycles. The van der Waals surface area contributed by atoms with Crippen LogP contribution in [0.1, 0.15) is 5.56 Å². The molecule has 6 heteroatoms. The summed E-state index contributed by atoms with van der Waals surface area (Å²) in [4.78, 5) is 10.8. The summed E-state index contributed by atoms with van der Waals surface area (Å²) in [5.74, 6) is -0.918. The number of carboxylic acid groups (broad SMARTS) is 1. The highest BCUT2D eigenvalue weighted by Gasteiger charge is 2.12. The minimum atomic E-state index is -0.918. The smallest absolute Gasteiger partial charge is 0.307 e. The molecule has 0 saturated carbocycles. The summed E-state index contributed by atoms with van der Waals surface area (Å²) in [6, 6.07) is 8.11. The second kappa shape index (κ2) is 6.23. The molecule has 2 aromatic carbocycles. The Morgan fingerprint density at radius 3 is 2.10 bits per heavy atom. The van der Waals surface area contributed by atoms with Crippen molar-refractivity contribution >= 4 is 52.4 Å². The molecule has 0 fully saturated rings. The Hall–Kier alpha value is -0.930. The van der Waals surface area contributed by atoms with Gasteiger partial charge in [0.25, 0.3) is 0 Å². The molecular formula is C14H8Cl4O2. The third-order valence-electron chi connectivity index (χ3n) is 2.69. The van der Waals surface area contributed by atoms with Crippen LogP contribution in [-0.2, 0) is 11.2 Å². The molecule has 0 saturated heterocycles. The van der Waals surface area contributed by atoms with Crippen molar-refractivity contribution in [3.63, 3.8) is 0 Å². The zero-order valence-corrected chi connectivity index (χ0v) is 13.0. The second-order valence-corrected chi connectivity index (χ2v) is 5.76. The van der Waals surface area contributed by atoms with Gasteiger partial charge in [0.1, 0.15) is 0 Å². The number of hydrogen-bond donors (Lipinski definition) is 1. The zero-order valence-electron chi connectivity index (χ0n) is 9.96. The average Bonchev–Trinajstić information content (AvgIpc) is 2.36. The molecule has 0 unspecified atom stereocenters. The summed E-state index contributed by atoms with van der Waals surface area (Å²) in [5.41, 5.74) is 1.85. The number of rotatable bonds is 3. The van der Waals surface area contributed by atoms with E-state index >= 15 is 0 Å². The molecule has 2 aromatic rings. The van der Waals surface area contributed by atoms with Gasteiger partial charge in [-0.15, -0.1) is 0 Å². The molecule has 0 aromatic heterocycles. The molecule has 0 radical (unpaired) electrons. The van der Waals surface area contributed by atoms with Gasteiger partial charge in [-0.2, -0.15) is 0 Å². The second-order valence-electron chi connectivity index (χ2n) is 4.13. The molecule has 0 aliphatic heterocycles. The first-order valence-electron chi connectivity index (χ1n) is 5.53. The molecule has 0 bridgehead atoms. The van der Waals surface area contributed by atoms with Gasteiger partial charge < -0.3 is 5.11 Å². The molecule has 1 N–H and O–H groups in total. The van der Waals surface area contributed by atoms with E-state index in [1.54, 1.807) is 24.3 Å². The monoisotopic (exact) mass is 348 g/mol. The molecule has 0 atom stereocenters. The van der Waals surface area contributed by atoms with Crippen molar-refractivity contribution < 1.29 is 9.90 Å². The molecule has 0 spiro atoms. The van der Waals surface area contributed by atoms with Crippen LogP contribution in [0.3, 0.4) is 0 Å². The van der Waals surface area contributed by atoms with E-state index in [-0.39, 0.29) is 6.42 Å². The number of carboxylic acids is 1. The van der Waals surface area contributed by atoms with E-state index < -0.39 is 5.97 Å². The summed E-state index contributed by atoms with van der Waals surface area (Å²) < 4.78 is 0. The summed E-state index contributed by atoms with van der Waals surface area (Å²) in [6.45, 7) is 0. The summed E-state index contributed by atoms with van der Waals surface area (Å²) in [5, 5.41) is 10.4. The molecule has 0 amide bonds. The first-order chi connectivity index (χ1) is 9.38. The summed E-state index contributed by atoms with van der Waals surface area (Å²) in [6.07, 6.45) is -0.0941. The molecule has 104 valence electrons. The lowest BCUT2D eigenvalue weighted by Crippen LogP contribution is -2.00. The van der Waals surface area contributed by atoms with Crippen molar-refractivity contribution in [2.24, 2.45) is 0 Å². The number of hydrogen-bond acceptors (Lipinski definition) is 1. The van der Waals surface area contributed by atoms with E-state index in [9.17, 15) is 4.79 Å². The predicted molar refractivity (Wildman–Crippen MR) is 83.3 cm³/mol. The third-order valence-corrected chi connectivity index (χ3v) is 4.05. The Morgan fingerprint density at radius 2 is 1.45 bits per heavy atom. The van der Waals surface area contributed by atoms with Gasteiger partial charge in [0.15, 0.2) is 0 Å². The van der Waals surface area contributed by atoms with Crippen LogP contribution in [0.2, 0.25) is 20.1 Å². The molecule has 0 heterocycles. The lowest BCUT2D eigenvalue weighted by molar-refractivity contribution is -0.136. The Morgan fingerprint density at radius 1 is 0.850 bits per heavy atom. The molecule has 2 rings (SSSR count). The number of carbonyl (C=O) groups is 1. The predicted octanol–water partition coefficient (Wildman–Crippen LogP) is 5.59. The SMILES string of the molecule is O=C(O)Cc1ccc(Cl)c(-c2cc(Cl)c(Cl)cc2Cl)c1. The quantitative estimate of drug-likeness (QED) is 0.733. The first kappa shape index (κ1) is 15.5. The highest BCUT2D eigenvalue weighted by Crippen LogP contribution is 2.38. The van der Waals surface area contributed by atoms with Crippen LogP contribution in [0.15, 0.2) is 30.3 Å². The van der Waals surface area contributed by atoms with Crippen molar-refractivity contribution in [1.29, 1.82) is 0 Å². The highest BCUT2D eigenvalue weighted by molar-refractivity contribution is 6.44. The Balaban J connectivity index is 2.57. The van der Waals surface area contributed by atoms with Gasteiger partial charge in [-0.1, -0.05) is 52.5 Å². The van der Waals surface area contributed by atoms with Crippen LogP contribution >= 0.6 is 46.4 Å². The fourth-order valence-electron chi connectivity index (χ4n) is 1.79. The number of benzene rings is 2. The van der Waals surface area contributed by atoms with Gasteiger partial charge in [-0.25, -0.2) is 0 Å².